The van der Waals surface area contributed by atoms with Crippen LogP contribution < -0.4 is 10.6 Å². The Balaban J connectivity index is 2.27. The molecular formula is C12H21N3O6. The quantitative estimate of drug-likeness (QED) is 0.500. The molecule has 0 aromatic carbocycles. The van der Waals surface area contributed by atoms with Crippen molar-refractivity contribution in [1.29, 1.82) is 0 Å². The fraction of sp³-hybridized carbons (Fsp3) is 0.750. The van der Waals surface area contributed by atoms with Crippen LogP contribution in [0.25, 0.3) is 0 Å². The number of nitrogens with zero attached hydrogens (tertiary/aromatic N) is 1. The summed E-state index contributed by atoms with van der Waals surface area (Å²) < 4.78 is 10.0. The second-order valence-corrected chi connectivity index (χ2v) is 4.54. The second kappa shape index (κ2) is 9.14. The minimum atomic E-state index is -0.972. The molecule has 1 aliphatic rings. The van der Waals surface area contributed by atoms with E-state index in [1.54, 1.807) is 0 Å². The Morgan fingerprint density at radius 2 is 2.14 bits per heavy atom. The Kier molecular flexibility index (Phi) is 7.48. The summed E-state index contributed by atoms with van der Waals surface area (Å²) in [6, 6.07) is -0.407. The molecule has 0 spiro atoms. The molecule has 9 heteroatoms. The van der Waals surface area contributed by atoms with Gasteiger partial charge in [0.05, 0.1) is 32.3 Å². The average Bonchev–Trinajstić information content (AvgIpc) is 2.44. The van der Waals surface area contributed by atoms with Crippen LogP contribution in [0.1, 0.15) is 6.42 Å². The molecule has 0 radical (unpaired) electrons. The zero-order chi connectivity index (χ0) is 15.7. The molecule has 0 aliphatic carbocycles. The molecule has 0 saturated carbocycles. The number of rotatable bonds is 7. The lowest BCUT2D eigenvalue weighted by Crippen LogP contribution is -2.51. The maximum Gasteiger partial charge on any atom is 0.318 e. The van der Waals surface area contributed by atoms with E-state index in [0.29, 0.717) is 19.7 Å². The van der Waals surface area contributed by atoms with Gasteiger partial charge in [-0.1, -0.05) is 0 Å². The van der Waals surface area contributed by atoms with E-state index in [4.69, 9.17) is 14.6 Å². The van der Waals surface area contributed by atoms with E-state index >= 15 is 0 Å². The third kappa shape index (κ3) is 6.91. The Bertz CT molecular complexity index is 376. The van der Waals surface area contributed by atoms with Crippen molar-refractivity contribution in [3.63, 3.8) is 0 Å². The third-order valence-electron chi connectivity index (χ3n) is 2.86. The zero-order valence-corrected chi connectivity index (χ0v) is 12.0. The molecule has 0 aromatic heterocycles. The van der Waals surface area contributed by atoms with Gasteiger partial charge in [-0.25, -0.2) is 4.79 Å². The van der Waals surface area contributed by atoms with Crippen molar-refractivity contribution in [1.82, 2.24) is 15.5 Å². The highest BCUT2D eigenvalue weighted by molar-refractivity contribution is 5.84. The SMILES string of the molecule is COCCNC(=O)CNC(=O)N1CCOC(CC(=O)O)C1. The Morgan fingerprint density at radius 1 is 1.38 bits per heavy atom. The number of methoxy groups -OCH3 is 1. The molecule has 21 heavy (non-hydrogen) atoms. The first kappa shape index (κ1) is 17.2. The fourth-order valence-electron chi connectivity index (χ4n) is 1.84. The van der Waals surface area contributed by atoms with Gasteiger partial charge >= 0.3 is 12.0 Å². The highest BCUT2D eigenvalue weighted by Gasteiger charge is 2.25. The minimum Gasteiger partial charge on any atom is -0.481 e. The van der Waals surface area contributed by atoms with Crippen LogP contribution >= 0.6 is 0 Å². The summed E-state index contributed by atoms with van der Waals surface area (Å²) in [5.74, 6) is -1.28. The van der Waals surface area contributed by atoms with E-state index in [0.717, 1.165) is 0 Å². The van der Waals surface area contributed by atoms with Crippen LogP contribution in [0.4, 0.5) is 4.79 Å². The summed E-state index contributed by atoms with van der Waals surface area (Å²) in [6.45, 7) is 1.50. The number of ether oxygens (including phenoxy) is 2. The molecule has 3 amide bonds. The summed E-state index contributed by atoms with van der Waals surface area (Å²) in [6.07, 6.45) is -0.668. The van der Waals surface area contributed by atoms with Gasteiger partial charge in [-0.15, -0.1) is 0 Å². The number of nitrogens with one attached hydrogen (secondary N) is 2. The summed E-state index contributed by atoms with van der Waals surface area (Å²) >= 11 is 0. The Morgan fingerprint density at radius 3 is 2.81 bits per heavy atom. The molecule has 0 aromatic rings. The molecule has 1 heterocycles. The van der Waals surface area contributed by atoms with E-state index in [1.807, 2.05) is 0 Å². The third-order valence-corrected chi connectivity index (χ3v) is 2.86. The van der Waals surface area contributed by atoms with Gasteiger partial charge < -0.3 is 30.1 Å². The molecule has 1 rings (SSSR count). The molecular weight excluding hydrogens is 282 g/mol. The number of morpholine rings is 1. The lowest BCUT2D eigenvalue weighted by atomic mass is 10.2. The van der Waals surface area contributed by atoms with Crippen molar-refractivity contribution in [2.75, 3.05) is 46.5 Å². The molecule has 9 nitrogen and oxygen atoms in total. The number of carbonyl (C=O) groups is 3. The van der Waals surface area contributed by atoms with Crippen LogP contribution in [-0.4, -0.2) is 80.5 Å². The number of hydrogen-bond donors (Lipinski definition) is 3. The van der Waals surface area contributed by atoms with Gasteiger partial charge in [-0.3, -0.25) is 9.59 Å². The molecule has 0 bridgehead atoms. The van der Waals surface area contributed by atoms with E-state index < -0.39 is 18.1 Å². The molecule has 120 valence electrons. The summed E-state index contributed by atoms with van der Waals surface area (Å²) in [5.41, 5.74) is 0. The average molecular weight is 303 g/mol. The summed E-state index contributed by atoms with van der Waals surface area (Å²) in [4.78, 5) is 35.3. The van der Waals surface area contributed by atoms with Gasteiger partial charge in [0, 0.05) is 26.7 Å². The number of hydrogen-bond acceptors (Lipinski definition) is 5. The number of carboxylic acid groups (broad SMARTS) is 1. The smallest absolute Gasteiger partial charge is 0.318 e. The second-order valence-electron chi connectivity index (χ2n) is 4.54. The number of aliphatic carboxylic acids is 1. The number of carboxylic acids is 1. The minimum absolute atomic E-state index is 0.135. The number of urea groups is 1. The Hall–Kier alpha value is -1.87. The lowest BCUT2D eigenvalue weighted by Gasteiger charge is -2.32. The van der Waals surface area contributed by atoms with Crippen LogP contribution in [0.15, 0.2) is 0 Å². The largest absolute Gasteiger partial charge is 0.481 e. The highest BCUT2D eigenvalue weighted by Crippen LogP contribution is 2.08. The van der Waals surface area contributed by atoms with Gasteiger partial charge in [0.15, 0.2) is 0 Å². The normalized spacial score (nSPS) is 18.1. The van der Waals surface area contributed by atoms with Crippen LogP contribution in [0, 0.1) is 0 Å². The van der Waals surface area contributed by atoms with Crippen molar-refractivity contribution < 1.29 is 29.0 Å². The topological polar surface area (TPSA) is 117 Å². The number of amides is 3. The van der Waals surface area contributed by atoms with Gasteiger partial charge in [0.2, 0.25) is 5.91 Å². The zero-order valence-electron chi connectivity index (χ0n) is 12.0. The Labute approximate surface area is 122 Å². The van der Waals surface area contributed by atoms with Crippen LogP contribution in [0.5, 0.6) is 0 Å². The first-order valence-corrected chi connectivity index (χ1v) is 6.64. The van der Waals surface area contributed by atoms with E-state index in [-0.39, 0.29) is 32.0 Å². The van der Waals surface area contributed by atoms with Crippen molar-refractivity contribution in [3.05, 3.63) is 0 Å². The van der Waals surface area contributed by atoms with Gasteiger partial charge in [-0.2, -0.15) is 0 Å². The molecule has 1 fully saturated rings. The lowest BCUT2D eigenvalue weighted by molar-refractivity contribution is -0.141. The summed E-state index contributed by atoms with van der Waals surface area (Å²) in [7, 11) is 1.53. The molecule has 1 atom stereocenters. The monoisotopic (exact) mass is 303 g/mol. The maximum absolute atomic E-state index is 11.9. The first-order valence-electron chi connectivity index (χ1n) is 6.64. The van der Waals surface area contributed by atoms with E-state index in [1.165, 1.54) is 12.0 Å². The molecule has 1 saturated heterocycles. The van der Waals surface area contributed by atoms with Crippen molar-refractivity contribution >= 4 is 17.9 Å². The number of carbonyl (C=O) groups excluding carboxylic acids is 2. The molecule has 1 aliphatic heterocycles. The molecule has 1 unspecified atom stereocenters. The van der Waals surface area contributed by atoms with Gasteiger partial charge in [-0.05, 0) is 0 Å². The van der Waals surface area contributed by atoms with Gasteiger partial charge in [0.1, 0.15) is 0 Å². The fourth-order valence-corrected chi connectivity index (χ4v) is 1.84. The van der Waals surface area contributed by atoms with E-state index in [2.05, 4.69) is 10.6 Å². The summed E-state index contributed by atoms with van der Waals surface area (Å²) in [5, 5.41) is 13.8. The van der Waals surface area contributed by atoms with Crippen LogP contribution in [0.3, 0.4) is 0 Å². The first-order chi connectivity index (χ1) is 10.0. The highest BCUT2D eigenvalue weighted by atomic mass is 16.5. The molecule has 3 N–H and O–H groups in total. The predicted octanol–water partition coefficient (Wildman–Crippen LogP) is -1.37. The van der Waals surface area contributed by atoms with Gasteiger partial charge in [0.25, 0.3) is 0 Å². The van der Waals surface area contributed by atoms with E-state index in [9.17, 15) is 14.4 Å². The van der Waals surface area contributed by atoms with Crippen molar-refractivity contribution in [2.45, 2.75) is 12.5 Å². The predicted molar refractivity (Wildman–Crippen MR) is 71.9 cm³/mol. The van der Waals surface area contributed by atoms with Crippen molar-refractivity contribution in [3.8, 4) is 0 Å². The maximum atomic E-state index is 11.9. The van der Waals surface area contributed by atoms with Crippen LogP contribution in [0.2, 0.25) is 0 Å². The van der Waals surface area contributed by atoms with Crippen LogP contribution in [-0.2, 0) is 19.1 Å². The van der Waals surface area contributed by atoms with Crippen molar-refractivity contribution in [2.24, 2.45) is 0 Å². The standard InChI is InChI=1S/C12H21N3O6/c1-20-4-2-13-10(16)7-14-12(19)15-3-5-21-9(8-15)6-11(17)18/h9H,2-8H2,1H3,(H,13,16)(H,14,19)(H,17,18).